The number of ether oxygens (including phenoxy) is 1. The van der Waals surface area contributed by atoms with E-state index in [1.54, 1.807) is 0 Å². The van der Waals surface area contributed by atoms with Gasteiger partial charge in [-0.25, -0.2) is 4.79 Å². The maximum Gasteiger partial charge on any atom is 0.323 e. The molecule has 3 rings (SSSR count). The van der Waals surface area contributed by atoms with Gasteiger partial charge in [-0.05, 0) is 58.2 Å². The van der Waals surface area contributed by atoms with Crippen LogP contribution >= 0.6 is 37.2 Å². The van der Waals surface area contributed by atoms with Crippen LogP contribution in [0.4, 0.5) is 4.79 Å². The summed E-state index contributed by atoms with van der Waals surface area (Å²) in [6.07, 6.45) is 4.37. The molecule has 0 radical (unpaired) electrons. The number of likely N-dealkylation sites (tertiary alicyclic amines) is 1. The first kappa shape index (κ1) is 32.5. The molecular formula is C22H44Cl3N5O3. The summed E-state index contributed by atoms with van der Waals surface area (Å²) in [4.78, 5) is 31.8. The van der Waals surface area contributed by atoms with E-state index in [4.69, 9.17) is 4.74 Å². The van der Waals surface area contributed by atoms with E-state index in [2.05, 4.69) is 20.4 Å². The lowest BCUT2D eigenvalue weighted by Crippen LogP contribution is -2.58. The van der Waals surface area contributed by atoms with Crippen LogP contribution < -0.4 is 10.6 Å². The topological polar surface area (TPSA) is 77.2 Å². The Morgan fingerprint density at radius 1 is 0.970 bits per heavy atom. The summed E-state index contributed by atoms with van der Waals surface area (Å²) < 4.78 is 5.41. The molecule has 0 aromatic carbocycles. The van der Waals surface area contributed by atoms with Crippen LogP contribution in [0.3, 0.4) is 0 Å². The van der Waals surface area contributed by atoms with E-state index in [-0.39, 0.29) is 61.3 Å². The Labute approximate surface area is 218 Å². The average molecular weight is 533 g/mol. The van der Waals surface area contributed by atoms with Crippen molar-refractivity contribution in [2.75, 3.05) is 59.0 Å². The SMILES string of the molecule is CC(C)COC(=O)C(C)N1CCCC(NC(=O)N2CCN(C3CCNCC3)CC2)C1.Cl.Cl.Cl. The lowest BCUT2D eigenvalue weighted by Gasteiger charge is -2.41. The first-order chi connectivity index (χ1) is 14.4. The molecule has 0 aromatic heterocycles. The van der Waals surface area contributed by atoms with Crippen molar-refractivity contribution in [2.45, 2.75) is 64.6 Å². The quantitative estimate of drug-likeness (QED) is 0.512. The van der Waals surface area contributed by atoms with E-state index >= 15 is 0 Å². The monoisotopic (exact) mass is 531 g/mol. The molecule has 11 heteroatoms. The fourth-order valence-corrected chi connectivity index (χ4v) is 4.72. The standard InChI is InChI=1S/C22H41N5O3.3ClH/c1-17(2)16-30-21(28)18(3)27-10-4-5-19(15-27)24-22(29)26-13-11-25(12-14-26)20-6-8-23-9-7-20;;;/h17-20,23H,4-16H2,1-3H3,(H,24,29);3*1H. The third-order valence-electron chi connectivity index (χ3n) is 6.65. The molecular weight excluding hydrogens is 489 g/mol. The van der Waals surface area contributed by atoms with E-state index in [1.807, 2.05) is 25.7 Å². The van der Waals surface area contributed by atoms with Gasteiger partial charge in [0.05, 0.1) is 6.61 Å². The van der Waals surface area contributed by atoms with Crippen molar-refractivity contribution in [1.82, 2.24) is 25.3 Å². The van der Waals surface area contributed by atoms with Crippen LogP contribution in [0.1, 0.15) is 46.5 Å². The second kappa shape index (κ2) is 16.2. The van der Waals surface area contributed by atoms with Crippen LogP contribution in [-0.4, -0.2) is 104 Å². The number of rotatable bonds is 6. The Bertz CT molecular complexity index is 573. The zero-order valence-electron chi connectivity index (χ0n) is 20.3. The number of piperazine rings is 1. The third-order valence-corrected chi connectivity index (χ3v) is 6.65. The Morgan fingerprint density at radius 2 is 1.61 bits per heavy atom. The highest BCUT2D eigenvalue weighted by molar-refractivity contribution is 5.86. The second-order valence-corrected chi connectivity index (χ2v) is 9.49. The fourth-order valence-electron chi connectivity index (χ4n) is 4.72. The molecule has 0 aliphatic carbocycles. The Morgan fingerprint density at radius 3 is 2.21 bits per heavy atom. The molecule has 3 aliphatic rings. The molecule has 2 N–H and O–H groups in total. The minimum absolute atomic E-state index is 0. The maximum absolute atomic E-state index is 12.8. The van der Waals surface area contributed by atoms with Gasteiger partial charge in [-0.3, -0.25) is 14.6 Å². The van der Waals surface area contributed by atoms with Gasteiger partial charge in [-0.15, -0.1) is 37.2 Å². The third kappa shape index (κ3) is 9.94. The van der Waals surface area contributed by atoms with Crippen LogP contribution in [0, 0.1) is 5.92 Å². The van der Waals surface area contributed by atoms with Crippen molar-refractivity contribution in [1.29, 1.82) is 0 Å². The number of piperidine rings is 2. The van der Waals surface area contributed by atoms with Crippen LogP contribution in [0.5, 0.6) is 0 Å². The zero-order valence-corrected chi connectivity index (χ0v) is 22.7. The van der Waals surface area contributed by atoms with Gasteiger partial charge in [0.1, 0.15) is 6.04 Å². The van der Waals surface area contributed by atoms with Gasteiger partial charge < -0.3 is 20.3 Å². The molecule has 0 saturated carbocycles. The van der Waals surface area contributed by atoms with Gasteiger partial charge in [0.15, 0.2) is 0 Å². The van der Waals surface area contributed by atoms with Crippen LogP contribution in [0.2, 0.25) is 0 Å². The summed E-state index contributed by atoms with van der Waals surface area (Å²) in [6.45, 7) is 13.8. The molecule has 0 spiro atoms. The predicted molar refractivity (Wildman–Crippen MR) is 139 cm³/mol. The van der Waals surface area contributed by atoms with E-state index < -0.39 is 0 Å². The van der Waals surface area contributed by atoms with Crippen molar-refractivity contribution >= 4 is 49.2 Å². The number of amides is 2. The summed E-state index contributed by atoms with van der Waals surface area (Å²) in [6, 6.07) is 0.535. The molecule has 3 heterocycles. The van der Waals surface area contributed by atoms with Gasteiger partial charge >= 0.3 is 12.0 Å². The molecule has 33 heavy (non-hydrogen) atoms. The summed E-state index contributed by atoms with van der Waals surface area (Å²) in [5, 5.41) is 6.64. The average Bonchev–Trinajstić information content (AvgIpc) is 2.77. The lowest BCUT2D eigenvalue weighted by atomic mass is 10.0. The van der Waals surface area contributed by atoms with E-state index in [9.17, 15) is 9.59 Å². The highest BCUT2D eigenvalue weighted by Gasteiger charge is 2.31. The maximum atomic E-state index is 12.8. The molecule has 8 nitrogen and oxygen atoms in total. The molecule has 3 saturated heterocycles. The molecule has 2 amide bonds. The first-order valence-corrected chi connectivity index (χ1v) is 11.8. The van der Waals surface area contributed by atoms with E-state index in [0.29, 0.717) is 25.1 Å². The highest BCUT2D eigenvalue weighted by Crippen LogP contribution is 2.17. The number of hydrogen-bond donors (Lipinski definition) is 2. The second-order valence-electron chi connectivity index (χ2n) is 9.49. The largest absolute Gasteiger partial charge is 0.464 e. The Kier molecular flexibility index (Phi) is 16.0. The van der Waals surface area contributed by atoms with E-state index in [0.717, 1.165) is 58.7 Å². The van der Waals surface area contributed by atoms with Gasteiger partial charge in [-0.2, -0.15) is 0 Å². The highest BCUT2D eigenvalue weighted by atomic mass is 35.5. The molecule has 2 atom stereocenters. The number of nitrogens with zero attached hydrogens (tertiary/aromatic N) is 3. The number of carbonyl (C=O) groups is 2. The number of hydrogen-bond acceptors (Lipinski definition) is 6. The van der Waals surface area contributed by atoms with Crippen LogP contribution in [-0.2, 0) is 9.53 Å². The predicted octanol–water partition coefficient (Wildman–Crippen LogP) is 2.38. The molecule has 3 aliphatic heterocycles. The molecule has 0 bridgehead atoms. The summed E-state index contributed by atoms with van der Waals surface area (Å²) in [5.41, 5.74) is 0. The minimum Gasteiger partial charge on any atom is -0.464 e. The smallest absolute Gasteiger partial charge is 0.323 e. The number of carbonyl (C=O) groups excluding carboxylic acids is 2. The van der Waals surface area contributed by atoms with E-state index in [1.165, 1.54) is 12.8 Å². The van der Waals surface area contributed by atoms with Gasteiger partial charge in [0.2, 0.25) is 0 Å². The van der Waals surface area contributed by atoms with Gasteiger partial charge in [-0.1, -0.05) is 13.8 Å². The number of urea groups is 1. The number of halogens is 3. The lowest BCUT2D eigenvalue weighted by molar-refractivity contribution is -0.151. The summed E-state index contributed by atoms with van der Waals surface area (Å²) in [5.74, 6) is 0.175. The normalized spacial score (nSPS) is 23.5. The van der Waals surface area contributed by atoms with Crippen LogP contribution in [0.25, 0.3) is 0 Å². The Hall–Kier alpha value is -0.510. The molecule has 3 fully saturated rings. The van der Waals surface area contributed by atoms with Gasteiger partial charge in [0.25, 0.3) is 0 Å². The summed E-state index contributed by atoms with van der Waals surface area (Å²) >= 11 is 0. The van der Waals surface area contributed by atoms with Crippen molar-refractivity contribution in [3.8, 4) is 0 Å². The van der Waals surface area contributed by atoms with Crippen LogP contribution in [0.15, 0.2) is 0 Å². The van der Waals surface area contributed by atoms with Crippen molar-refractivity contribution in [3.05, 3.63) is 0 Å². The molecule has 0 aromatic rings. The van der Waals surface area contributed by atoms with Gasteiger partial charge in [0, 0.05) is 44.8 Å². The summed E-state index contributed by atoms with van der Waals surface area (Å²) in [7, 11) is 0. The first-order valence-electron chi connectivity index (χ1n) is 11.8. The fraction of sp³-hybridized carbons (Fsp3) is 0.909. The van der Waals surface area contributed by atoms with Crippen molar-refractivity contribution in [3.63, 3.8) is 0 Å². The number of esters is 1. The number of nitrogens with one attached hydrogen (secondary N) is 2. The molecule has 2 unspecified atom stereocenters. The van der Waals surface area contributed by atoms with Crippen molar-refractivity contribution < 1.29 is 14.3 Å². The minimum atomic E-state index is -0.267. The zero-order chi connectivity index (χ0) is 21.5. The van der Waals surface area contributed by atoms with Crippen molar-refractivity contribution in [2.24, 2.45) is 5.92 Å². The molecule has 196 valence electrons. The Balaban J connectivity index is 0.00000341.